The molecule has 0 atom stereocenters. The van der Waals surface area contributed by atoms with Crippen LogP contribution in [0.4, 0.5) is 0 Å². The van der Waals surface area contributed by atoms with Crippen LogP contribution >= 0.6 is 8.53 Å². The van der Waals surface area contributed by atoms with Gasteiger partial charge in [0.2, 0.25) is 0 Å². The van der Waals surface area contributed by atoms with Crippen LogP contribution in [0.5, 0.6) is 0 Å². The van der Waals surface area contributed by atoms with Crippen LogP contribution in [0.2, 0.25) is 0 Å². The number of aromatic nitrogens is 2. The first-order chi connectivity index (χ1) is 5.15. The zero-order valence-electron chi connectivity index (χ0n) is 5.98. The van der Waals surface area contributed by atoms with E-state index < -0.39 is 14.2 Å². The molecule has 11 heavy (non-hydrogen) atoms. The molecule has 0 radical (unpaired) electrons. The van der Waals surface area contributed by atoms with E-state index in [2.05, 4.69) is 4.98 Å². The molecular formula is C5H9N2O3P. The number of H-pyrrole nitrogens is 1. The van der Waals surface area contributed by atoms with E-state index in [0.29, 0.717) is 12.1 Å². The van der Waals surface area contributed by atoms with Gasteiger partial charge in [0.05, 0.1) is 0 Å². The quantitative estimate of drug-likeness (QED) is 0.546. The van der Waals surface area contributed by atoms with E-state index in [1.165, 1.54) is 6.20 Å². The third-order valence-corrected chi connectivity index (χ3v) is 2.01. The number of rotatable bonds is 2. The Kier molecular flexibility index (Phi) is 2.44. The number of nitrogens with one attached hydrogen (secondary N) is 1. The minimum absolute atomic E-state index is 0.474. The van der Waals surface area contributed by atoms with Gasteiger partial charge in [-0.05, 0) is 6.42 Å². The average Bonchev–Trinajstić information content (AvgIpc) is 2.30. The molecule has 0 aliphatic heterocycles. The highest BCUT2D eigenvalue weighted by molar-refractivity contribution is 7.43. The van der Waals surface area contributed by atoms with Gasteiger partial charge in [-0.2, -0.15) is 0 Å². The summed E-state index contributed by atoms with van der Waals surface area (Å²) in [5.41, 5.74) is 0.226. The maximum Gasteiger partial charge on any atom is 0.332 e. The summed E-state index contributed by atoms with van der Waals surface area (Å²) in [6.45, 7) is 1.87. The van der Waals surface area contributed by atoms with E-state index in [4.69, 9.17) is 9.79 Å². The van der Waals surface area contributed by atoms with Gasteiger partial charge in [-0.25, -0.2) is 9.13 Å². The number of aromatic amines is 1. The summed E-state index contributed by atoms with van der Waals surface area (Å²) in [4.78, 5) is 30.7. The standard InChI is InChI=1S/C5H9N2O3P/c1-2-4-3-7(11(9)10)5(8)6-4/h3,9-10H,2H2,1H3,(H,6,8). The van der Waals surface area contributed by atoms with E-state index in [1.807, 2.05) is 6.92 Å². The van der Waals surface area contributed by atoms with E-state index in [9.17, 15) is 4.79 Å². The highest BCUT2D eigenvalue weighted by atomic mass is 31.2. The van der Waals surface area contributed by atoms with Crippen molar-refractivity contribution in [2.45, 2.75) is 13.3 Å². The molecule has 0 aromatic carbocycles. The molecule has 1 rings (SSSR count). The smallest absolute Gasteiger partial charge is 0.332 e. The molecule has 0 amide bonds. The minimum atomic E-state index is -2.33. The number of hydrogen-bond donors (Lipinski definition) is 3. The lowest BCUT2D eigenvalue weighted by atomic mass is 10.4. The minimum Gasteiger partial charge on any atom is -0.333 e. The van der Waals surface area contributed by atoms with Crippen LogP contribution in [0.15, 0.2) is 11.0 Å². The molecule has 0 fully saturated rings. The van der Waals surface area contributed by atoms with Gasteiger partial charge in [0.15, 0.2) is 0 Å². The first-order valence-corrected chi connectivity index (χ1v) is 4.34. The first-order valence-electron chi connectivity index (χ1n) is 3.14. The Balaban J connectivity index is 3.07. The molecule has 0 unspecified atom stereocenters. The fourth-order valence-electron chi connectivity index (χ4n) is 0.746. The molecule has 0 aliphatic carbocycles. The lowest BCUT2D eigenvalue weighted by Gasteiger charge is -1.97. The molecule has 0 saturated heterocycles. The van der Waals surface area contributed by atoms with Crippen molar-refractivity contribution in [3.8, 4) is 0 Å². The third-order valence-electron chi connectivity index (χ3n) is 1.33. The molecule has 1 aromatic rings. The van der Waals surface area contributed by atoms with Crippen LogP contribution in [-0.2, 0) is 6.42 Å². The van der Waals surface area contributed by atoms with Crippen LogP contribution in [0.25, 0.3) is 0 Å². The summed E-state index contributed by atoms with van der Waals surface area (Å²) >= 11 is 0. The van der Waals surface area contributed by atoms with Crippen molar-refractivity contribution in [1.29, 1.82) is 0 Å². The van der Waals surface area contributed by atoms with E-state index in [-0.39, 0.29) is 0 Å². The predicted molar refractivity (Wildman–Crippen MR) is 41.2 cm³/mol. The van der Waals surface area contributed by atoms with Gasteiger partial charge in [0.1, 0.15) is 0 Å². The molecule has 3 N–H and O–H groups in total. The van der Waals surface area contributed by atoms with Crippen molar-refractivity contribution in [2.24, 2.45) is 0 Å². The second kappa shape index (κ2) is 3.17. The zero-order chi connectivity index (χ0) is 8.43. The summed E-state index contributed by atoms with van der Waals surface area (Å²) in [5.74, 6) is 0. The van der Waals surface area contributed by atoms with E-state index in [0.717, 1.165) is 4.34 Å². The Morgan fingerprint density at radius 1 is 1.73 bits per heavy atom. The number of imidazole rings is 1. The number of aryl methyl sites for hydroxylation is 1. The number of hydrogen-bond acceptors (Lipinski definition) is 3. The van der Waals surface area contributed by atoms with Crippen molar-refractivity contribution in [2.75, 3.05) is 0 Å². The molecule has 62 valence electrons. The van der Waals surface area contributed by atoms with Crippen LogP contribution in [0.3, 0.4) is 0 Å². The van der Waals surface area contributed by atoms with Gasteiger partial charge in [-0.1, -0.05) is 6.92 Å². The largest absolute Gasteiger partial charge is 0.333 e. The summed E-state index contributed by atoms with van der Waals surface area (Å²) in [6, 6.07) is 0. The Bertz CT molecular complexity index is 290. The monoisotopic (exact) mass is 176 g/mol. The van der Waals surface area contributed by atoms with E-state index >= 15 is 0 Å². The van der Waals surface area contributed by atoms with E-state index in [1.54, 1.807) is 0 Å². The van der Waals surface area contributed by atoms with Gasteiger partial charge < -0.3 is 14.8 Å². The summed E-state index contributed by atoms with van der Waals surface area (Å²) < 4.78 is 0.883. The van der Waals surface area contributed by atoms with Crippen LogP contribution in [0.1, 0.15) is 12.6 Å². The first kappa shape index (κ1) is 8.46. The zero-order valence-corrected chi connectivity index (χ0v) is 6.88. The average molecular weight is 176 g/mol. The van der Waals surface area contributed by atoms with Crippen molar-refractivity contribution in [3.63, 3.8) is 0 Å². The van der Waals surface area contributed by atoms with Crippen molar-refractivity contribution in [3.05, 3.63) is 22.4 Å². The topological polar surface area (TPSA) is 78.2 Å². The normalized spacial score (nSPS) is 10.9. The van der Waals surface area contributed by atoms with Crippen molar-refractivity contribution < 1.29 is 9.79 Å². The molecule has 6 heteroatoms. The fraction of sp³-hybridized carbons (Fsp3) is 0.400. The molecule has 0 saturated carbocycles. The fourth-order valence-corrected chi connectivity index (χ4v) is 1.20. The molecule has 1 heterocycles. The van der Waals surface area contributed by atoms with Crippen LogP contribution in [-0.4, -0.2) is 19.1 Å². The van der Waals surface area contributed by atoms with Gasteiger partial charge in [-0.3, -0.25) is 0 Å². The maximum atomic E-state index is 10.8. The maximum absolute atomic E-state index is 10.8. The van der Waals surface area contributed by atoms with Crippen molar-refractivity contribution in [1.82, 2.24) is 9.32 Å². The Labute approximate surface area is 64.3 Å². The third kappa shape index (κ3) is 1.68. The Hall–Kier alpha value is -0.640. The Morgan fingerprint density at radius 2 is 2.36 bits per heavy atom. The van der Waals surface area contributed by atoms with Gasteiger partial charge >= 0.3 is 5.69 Å². The number of nitrogens with zero attached hydrogens (tertiary/aromatic N) is 1. The molecule has 0 aliphatic rings. The Morgan fingerprint density at radius 3 is 2.64 bits per heavy atom. The highest BCUT2D eigenvalue weighted by Gasteiger charge is 2.07. The SMILES string of the molecule is CCc1cn(P(O)O)c(=O)[nH]1. The molecule has 0 spiro atoms. The molecular weight excluding hydrogens is 167 g/mol. The summed E-state index contributed by atoms with van der Waals surface area (Å²) in [7, 11) is -2.33. The van der Waals surface area contributed by atoms with Crippen molar-refractivity contribution >= 4 is 8.53 Å². The summed E-state index contributed by atoms with van der Waals surface area (Å²) in [5, 5.41) is 0. The second-order valence-corrected chi connectivity index (χ2v) is 3.02. The summed E-state index contributed by atoms with van der Waals surface area (Å²) in [6.07, 6.45) is 2.08. The van der Waals surface area contributed by atoms with Gasteiger partial charge in [0, 0.05) is 11.9 Å². The van der Waals surface area contributed by atoms with Crippen LogP contribution in [0, 0.1) is 0 Å². The van der Waals surface area contributed by atoms with Gasteiger partial charge in [0.25, 0.3) is 8.53 Å². The second-order valence-electron chi connectivity index (χ2n) is 2.05. The van der Waals surface area contributed by atoms with Gasteiger partial charge in [-0.15, -0.1) is 0 Å². The van der Waals surface area contributed by atoms with Crippen LogP contribution < -0.4 is 5.69 Å². The lowest BCUT2D eigenvalue weighted by molar-refractivity contribution is 0.468. The molecule has 1 aromatic heterocycles. The molecule has 0 bridgehead atoms. The molecule has 5 nitrogen and oxygen atoms in total. The highest BCUT2D eigenvalue weighted by Crippen LogP contribution is 2.22. The predicted octanol–water partition coefficient (Wildman–Crippen LogP) is -0.202. The lowest BCUT2D eigenvalue weighted by Crippen LogP contribution is -2.11.